The fraction of sp³-hybridized carbons (Fsp3) is 0.316. The van der Waals surface area contributed by atoms with Gasteiger partial charge in [-0.1, -0.05) is 12.1 Å². The Balaban J connectivity index is 1.43. The minimum Gasteiger partial charge on any atom is -0.486 e. The number of anilines is 1. The van der Waals surface area contributed by atoms with Gasteiger partial charge in [-0.15, -0.1) is 0 Å². The van der Waals surface area contributed by atoms with Crippen molar-refractivity contribution in [1.82, 2.24) is 4.90 Å². The first-order chi connectivity index (χ1) is 12.2. The van der Waals surface area contributed by atoms with Crippen molar-refractivity contribution in [3.05, 3.63) is 53.8 Å². The van der Waals surface area contributed by atoms with E-state index in [-0.39, 0.29) is 11.5 Å². The second-order valence-electron chi connectivity index (χ2n) is 6.09. The van der Waals surface area contributed by atoms with Gasteiger partial charge in [0, 0.05) is 37.9 Å². The molecule has 0 bridgehead atoms. The van der Waals surface area contributed by atoms with Crippen LogP contribution in [0.4, 0.5) is 10.1 Å². The molecule has 2 aromatic carbocycles. The third kappa shape index (κ3) is 3.12. The predicted molar refractivity (Wildman–Crippen MR) is 91.9 cm³/mol. The van der Waals surface area contributed by atoms with Crippen LogP contribution in [0.2, 0.25) is 0 Å². The van der Waals surface area contributed by atoms with Gasteiger partial charge >= 0.3 is 0 Å². The molecule has 0 aromatic heterocycles. The van der Waals surface area contributed by atoms with E-state index in [1.807, 2.05) is 18.2 Å². The number of ether oxygens (including phenoxy) is 2. The third-order valence-electron chi connectivity index (χ3n) is 4.56. The van der Waals surface area contributed by atoms with Crippen LogP contribution in [0.15, 0.2) is 42.5 Å². The molecule has 1 saturated heterocycles. The molecule has 130 valence electrons. The van der Waals surface area contributed by atoms with Crippen LogP contribution in [0, 0.1) is 5.82 Å². The highest BCUT2D eigenvalue weighted by Crippen LogP contribution is 2.34. The summed E-state index contributed by atoms with van der Waals surface area (Å²) < 4.78 is 25.0. The minimum absolute atomic E-state index is 0.135. The second-order valence-corrected chi connectivity index (χ2v) is 6.09. The first kappa shape index (κ1) is 15.7. The van der Waals surface area contributed by atoms with Crippen molar-refractivity contribution in [2.24, 2.45) is 0 Å². The summed E-state index contributed by atoms with van der Waals surface area (Å²) in [6.07, 6.45) is 0. The highest BCUT2D eigenvalue weighted by atomic mass is 19.1. The molecule has 0 atom stereocenters. The van der Waals surface area contributed by atoms with E-state index in [0.29, 0.717) is 39.4 Å². The van der Waals surface area contributed by atoms with Crippen molar-refractivity contribution in [1.29, 1.82) is 0 Å². The van der Waals surface area contributed by atoms with E-state index < -0.39 is 5.82 Å². The molecule has 6 heteroatoms. The van der Waals surface area contributed by atoms with E-state index in [1.54, 1.807) is 17.0 Å². The summed E-state index contributed by atoms with van der Waals surface area (Å²) in [5, 5.41) is 0. The van der Waals surface area contributed by atoms with Crippen molar-refractivity contribution >= 4 is 11.6 Å². The van der Waals surface area contributed by atoms with Gasteiger partial charge in [0.2, 0.25) is 0 Å². The molecular formula is C19H19FN2O3. The second kappa shape index (κ2) is 6.63. The minimum atomic E-state index is -0.471. The van der Waals surface area contributed by atoms with E-state index in [9.17, 15) is 9.18 Å². The Labute approximate surface area is 145 Å². The fourth-order valence-electron chi connectivity index (χ4n) is 3.20. The number of fused-ring (bicyclic) bond motifs is 1. The van der Waals surface area contributed by atoms with Crippen molar-refractivity contribution in [2.75, 3.05) is 44.3 Å². The summed E-state index contributed by atoms with van der Waals surface area (Å²) in [4.78, 5) is 16.4. The van der Waals surface area contributed by atoms with Gasteiger partial charge in [0.05, 0.1) is 5.56 Å². The van der Waals surface area contributed by atoms with Crippen LogP contribution in [-0.2, 0) is 0 Å². The van der Waals surface area contributed by atoms with Crippen LogP contribution in [0.3, 0.4) is 0 Å². The summed E-state index contributed by atoms with van der Waals surface area (Å²) >= 11 is 0. The van der Waals surface area contributed by atoms with Gasteiger partial charge in [-0.2, -0.15) is 0 Å². The van der Waals surface area contributed by atoms with Crippen LogP contribution < -0.4 is 14.4 Å². The van der Waals surface area contributed by atoms with Crippen LogP contribution in [0.5, 0.6) is 11.5 Å². The zero-order valence-electron chi connectivity index (χ0n) is 13.8. The van der Waals surface area contributed by atoms with E-state index in [0.717, 1.165) is 17.2 Å². The number of halogens is 1. The summed E-state index contributed by atoms with van der Waals surface area (Å²) in [5.41, 5.74) is 1.18. The molecule has 5 nitrogen and oxygen atoms in total. The number of carbonyl (C=O) groups excluding carboxylic acids is 1. The zero-order chi connectivity index (χ0) is 17.2. The molecule has 0 aliphatic carbocycles. The Kier molecular flexibility index (Phi) is 4.17. The Bertz CT molecular complexity index is 788. The van der Waals surface area contributed by atoms with Gasteiger partial charge in [-0.3, -0.25) is 4.79 Å². The lowest BCUT2D eigenvalue weighted by Gasteiger charge is -2.36. The predicted octanol–water partition coefficient (Wildman–Crippen LogP) is 2.56. The lowest BCUT2D eigenvalue weighted by atomic mass is 10.1. The Morgan fingerprint density at radius 2 is 1.64 bits per heavy atom. The summed E-state index contributed by atoms with van der Waals surface area (Å²) in [5.74, 6) is 0.804. The van der Waals surface area contributed by atoms with E-state index in [2.05, 4.69) is 4.90 Å². The number of hydrogen-bond donors (Lipinski definition) is 0. The van der Waals surface area contributed by atoms with E-state index in [4.69, 9.17) is 9.47 Å². The molecule has 25 heavy (non-hydrogen) atoms. The average molecular weight is 342 g/mol. The maximum Gasteiger partial charge on any atom is 0.256 e. The molecular weight excluding hydrogens is 323 g/mol. The van der Waals surface area contributed by atoms with Crippen molar-refractivity contribution in [3.8, 4) is 11.5 Å². The lowest BCUT2D eigenvalue weighted by Crippen LogP contribution is -2.49. The molecule has 1 fully saturated rings. The first-order valence-electron chi connectivity index (χ1n) is 8.41. The fourth-order valence-corrected chi connectivity index (χ4v) is 3.20. The smallest absolute Gasteiger partial charge is 0.256 e. The van der Waals surface area contributed by atoms with Gasteiger partial charge < -0.3 is 19.3 Å². The topological polar surface area (TPSA) is 42.0 Å². The first-order valence-corrected chi connectivity index (χ1v) is 8.41. The molecule has 2 aromatic rings. The summed E-state index contributed by atoms with van der Waals surface area (Å²) in [7, 11) is 0. The number of carbonyl (C=O) groups is 1. The van der Waals surface area contributed by atoms with Gasteiger partial charge in [0.25, 0.3) is 5.91 Å². The molecule has 0 radical (unpaired) electrons. The Hall–Kier alpha value is -2.76. The number of benzene rings is 2. The third-order valence-corrected chi connectivity index (χ3v) is 4.56. The normalized spacial score (nSPS) is 16.7. The number of amides is 1. The standard InChI is InChI=1S/C19H19FN2O3/c20-16-4-2-1-3-15(16)19(23)22-9-7-21(8-10-22)14-5-6-17-18(13-14)25-12-11-24-17/h1-6,13H,7-12H2. The van der Waals surface area contributed by atoms with E-state index >= 15 is 0 Å². The molecule has 2 aliphatic rings. The van der Waals surface area contributed by atoms with Crippen LogP contribution >= 0.6 is 0 Å². The SMILES string of the molecule is O=C(c1ccccc1F)N1CCN(c2ccc3c(c2)OCCO3)CC1. The molecule has 0 N–H and O–H groups in total. The van der Waals surface area contributed by atoms with Crippen molar-refractivity contribution in [2.45, 2.75) is 0 Å². The zero-order valence-corrected chi connectivity index (χ0v) is 13.8. The van der Waals surface area contributed by atoms with Crippen LogP contribution in [-0.4, -0.2) is 50.2 Å². The number of piperazine rings is 1. The quantitative estimate of drug-likeness (QED) is 0.841. The number of nitrogens with zero attached hydrogens (tertiary/aromatic N) is 2. The highest BCUT2D eigenvalue weighted by molar-refractivity contribution is 5.94. The number of hydrogen-bond acceptors (Lipinski definition) is 4. The molecule has 0 spiro atoms. The van der Waals surface area contributed by atoms with Crippen molar-refractivity contribution in [3.63, 3.8) is 0 Å². The maximum atomic E-state index is 13.8. The van der Waals surface area contributed by atoms with Crippen LogP contribution in [0.1, 0.15) is 10.4 Å². The molecule has 2 heterocycles. The number of rotatable bonds is 2. The van der Waals surface area contributed by atoms with Crippen LogP contribution in [0.25, 0.3) is 0 Å². The molecule has 1 amide bonds. The molecule has 2 aliphatic heterocycles. The van der Waals surface area contributed by atoms with Gasteiger partial charge in [-0.05, 0) is 24.3 Å². The van der Waals surface area contributed by atoms with E-state index in [1.165, 1.54) is 12.1 Å². The Morgan fingerprint density at radius 3 is 2.40 bits per heavy atom. The summed E-state index contributed by atoms with van der Waals surface area (Å²) in [6, 6.07) is 12.0. The van der Waals surface area contributed by atoms with Gasteiger partial charge in [-0.25, -0.2) is 4.39 Å². The highest BCUT2D eigenvalue weighted by Gasteiger charge is 2.24. The molecule has 0 unspecified atom stereocenters. The molecule has 4 rings (SSSR count). The molecule has 0 saturated carbocycles. The van der Waals surface area contributed by atoms with Gasteiger partial charge in [0.15, 0.2) is 11.5 Å². The Morgan fingerprint density at radius 1 is 0.920 bits per heavy atom. The summed E-state index contributed by atoms with van der Waals surface area (Å²) in [6.45, 7) is 3.63. The van der Waals surface area contributed by atoms with Crippen molar-refractivity contribution < 1.29 is 18.7 Å². The maximum absolute atomic E-state index is 13.8. The van der Waals surface area contributed by atoms with Gasteiger partial charge in [0.1, 0.15) is 19.0 Å². The monoisotopic (exact) mass is 342 g/mol. The average Bonchev–Trinajstić information content (AvgIpc) is 2.67. The largest absolute Gasteiger partial charge is 0.486 e. The lowest BCUT2D eigenvalue weighted by molar-refractivity contribution is 0.0742.